The first kappa shape index (κ1) is 16.4. The first-order valence-electron chi connectivity index (χ1n) is 6.66. The quantitative estimate of drug-likeness (QED) is 0.732. The predicted octanol–water partition coefficient (Wildman–Crippen LogP) is 5.47. The molecule has 0 aliphatic heterocycles. The van der Waals surface area contributed by atoms with Crippen molar-refractivity contribution in [3.63, 3.8) is 0 Å². The summed E-state index contributed by atoms with van der Waals surface area (Å²) >= 11 is 9.51. The molecule has 0 aliphatic carbocycles. The SMILES string of the molecule is CCCNC(c1cc(Br)ccc1F)c1cc(F)ccc1Cl. The maximum Gasteiger partial charge on any atom is 0.128 e. The standard InChI is InChI=1S/C16H15BrClF2N/c1-2-7-21-16(12-9-11(19)4-5-14(12)18)13-8-10(17)3-6-15(13)20/h3-6,8-9,16,21H,2,7H2,1H3. The molecule has 5 heteroatoms. The van der Waals surface area contributed by atoms with E-state index >= 15 is 0 Å². The summed E-state index contributed by atoms with van der Waals surface area (Å²) in [5.74, 6) is -0.750. The van der Waals surface area contributed by atoms with E-state index in [0.717, 1.165) is 10.9 Å². The van der Waals surface area contributed by atoms with Crippen molar-refractivity contribution in [2.24, 2.45) is 0 Å². The van der Waals surface area contributed by atoms with Gasteiger partial charge in [-0.25, -0.2) is 8.78 Å². The van der Waals surface area contributed by atoms with E-state index in [1.165, 1.54) is 24.3 Å². The highest BCUT2D eigenvalue weighted by atomic mass is 79.9. The minimum Gasteiger partial charge on any atom is -0.306 e. The Balaban J connectivity index is 2.52. The Bertz CT molecular complexity index is 582. The van der Waals surface area contributed by atoms with Gasteiger partial charge < -0.3 is 5.32 Å². The van der Waals surface area contributed by atoms with Crippen molar-refractivity contribution in [3.8, 4) is 0 Å². The van der Waals surface area contributed by atoms with Crippen LogP contribution in [0.2, 0.25) is 5.02 Å². The molecule has 1 N–H and O–H groups in total. The smallest absolute Gasteiger partial charge is 0.128 e. The third kappa shape index (κ3) is 4.02. The molecule has 0 aromatic heterocycles. The van der Waals surface area contributed by atoms with Gasteiger partial charge in [-0.1, -0.05) is 34.5 Å². The zero-order valence-corrected chi connectivity index (χ0v) is 13.8. The minimum absolute atomic E-state index is 0.355. The van der Waals surface area contributed by atoms with Gasteiger partial charge in [-0.3, -0.25) is 0 Å². The van der Waals surface area contributed by atoms with Gasteiger partial charge in [-0.05, 0) is 54.9 Å². The van der Waals surface area contributed by atoms with Crippen molar-refractivity contribution >= 4 is 27.5 Å². The van der Waals surface area contributed by atoms with Crippen LogP contribution in [0.3, 0.4) is 0 Å². The Hall–Kier alpha value is -0.970. The average Bonchev–Trinajstić information content (AvgIpc) is 2.46. The average molecular weight is 375 g/mol. The largest absolute Gasteiger partial charge is 0.306 e. The second-order valence-electron chi connectivity index (χ2n) is 4.72. The number of benzene rings is 2. The summed E-state index contributed by atoms with van der Waals surface area (Å²) in [4.78, 5) is 0. The maximum absolute atomic E-state index is 14.2. The van der Waals surface area contributed by atoms with Crippen LogP contribution in [0.1, 0.15) is 30.5 Å². The van der Waals surface area contributed by atoms with Crippen molar-refractivity contribution in [1.82, 2.24) is 5.32 Å². The Kier molecular flexibility index (Phi) is 5.73. The Morgan fingerprint density at radius 2 is 1.90 bits per heavy atom. The fourth-order valence-corrected chi connectivity index (χ4v) is 2.75. The van der Waals surface area contributed by atoms with Crippen molar-refractivity contribution in [3.05, 3.63) is 68.7 Å². The number of hydrogen-bond donors (Lipinski definition) is 1. The van der Waals surface area contributed by atoms with E-state index < -0.39 is 11.9 Å². The number of nitrogens with one attached hydrogen (secondary N) is 1. The van der Waals surface area contributed by atoms with Crippen molar-refractivity contribution in [1.29, 1.82) is 0 Å². The lowest BCUT2D eigenvalue weighted by atomic mass is 9.97. The summed E-state index contributed by atoms with van der Waals surface area (Å²) in [6.45, 7) is 2.68. The first-order valence-corrected chi connectivity index (χ1v) is 7.83. The molecule has 0 radical (unpaired) electrons. The second-order valence-corrected chi connectivity index (χ2v) is 6.04. The summed E-state index contributed by atoms with van der Waals surface area (Å²) in [5, 5.41) is 3.63. The normalized spacial score (nSPS) is 12.4. The van der Waals surface area contributed by atoms with Gasteiger partial charge in [0.15, 0.2) is 0 Å². The summed E-state index contributed by atoms with van der Waals surface area (Å²) in [6.07, 6.45) is 0.874. The van der Waals surface area contributed by atoms with E-state index in [2.05, 4.69) is 21.2 Å². The molecule has 0 saturated carbocycles. The molecule has 1 unspecified atom stereocenters. The van der Waals surface area contributed by atoms with Gasteiger partial charge >= 0.3 is 0 Å². The summed E-state index contributed by atoms with van der Waals surface area (Å²) in [5.41, 5.74) is 0.965. The van der Waals surface area contributed by atoms with Crippen molar-refractivity contribution in [2.45, 2.75) is 19.4 Å². The van der Waals surface area contributed by atoms with E-state index in [4.69, 9.17) is 11.6 Å². The molecule has 0 fully saturated rings. The first-order chi connectivity index (χ1) is 10.0. The van der Waals surface area contributed by atoms with Gasteiger partial charge in [0.2, 0.25) is 0 Å². The fraction of sp³-hybridized carbons (Fsp3) is 0.250. The highest BCUT2D eigenvalue weighted by molar-refractivity contribution is 9.10. The molecule has 0 saturated heterocycles. The lowest BCUT2D eigenvalue weighted by molar-refractivity contribution is 0.542. The molecule has 0 amide bonds. The van der Waals surface area contributed by atoms with Crippen molar-refractivity contribution < 1.29 is 8.78 Å². The van der Waals surface area contributed by atoms with Crippen LogP contribution < -0.4 is 5.32 Å². The zero-order chi connectivity index (χ0) is 15.4. The summed E-state index contributed by atoms with van der Waals surface area (Å²) in [7, 11) is 0. The molecule has 112 valence electrons. The van der Waals surface area contributed by atoms with Gasteiger partial charge in [0.1, 0.15) is 11.6 Å². The maximum atomic E-state index is 14.2. The topological polar surface area (TPSA) is 12.0 Å². The third-order valence-corrected chi connectivity index (χ3v) is 3.97. The van der Waals surface area contributed by atoms with E-state index in [1.807, 2.05) is 6.92 Å². The van der Waals surface area contributed by atoms with E-state index in [9.17, 15) is 8.78 Å². The van der Waals surface area contributed by atoms with Crippen LogP contribution in [0.4, 0.5) is 8.78 Å². The van der Waals surface area contributed by atoms with Crippen LogP contribution in [0.5, 0.6) is 0 Å². The van der Waals surface area contributed by atoms with E-state index in [1.54, 1.807) is 12.1 Å². The van der Waals surface area contributed by atoms with Crippen LogP contribution in [0.15, 0.2) is 40.9 Å². The molecule has 0 aliphatic rings. The number of hydrogen-bond acceptors (Lipinski definition) is 1. The van der Waals surface area contributed by atoms with Gasteiger partial charge in [0, 0.05) is 15.1 Å². The third-order valence-electron chi connectivity index (χ3n) is 3.14. The van der Waals surface area contributed by atoms with Crippen LogP contribution in [0, 0.1) is 11.6 Å². The summed E-state index contributed by atoms with van der Waals surface area (Å²) < 4.78 is 28.5. The Morgan fingerprint density at radius 1 is 1.14 bits per heavy atom. The monoisotopic (exact) mass is 373 g/mol. The van der Waals surface area contributed by atoms with E-state index in [-0.39, 0.29) is 5.82 Å². The Labute approximate surface area is 136 Å². The van der Waals surface area contributed by atoms with Crippen LogP contribution in [-0.4, -0.2) is 6.54 Å². The van der Waals surface area contributed by atoms with Gasteiger partial charge in [-0.15, -0.1) is 0 Å². The van der Waals surface area contributed by atoms with Crippen LogP contribution in [-0.2, 0) is 0 Å². The molecule has 0 spiro atoms. The second kappa shape index (κ2) is 7.34. The molecule has 1 nitrogen and oxygen atoms in total. The highest BCUT2D eigenvalue weighted by Gasteiger charge is 2.20. The van der Waals surface area contributed by atoms with Gasteiger partial charge in [0.25, 0.3) is 0 Å². The molecule has 21 heavy (non-hydrogen) atoms. The molecule has 2 rings (SSSR count). The van der Waals surface area contributed by atoms with Crippen LogP contribution in [0.25, 0.3) is 0 Å². The molecular formula is C16H15BrClF2N. The minimum atomic E-state index is -0.495. The van der Waals surface area contributed by atoms with Gasteiger partial charge in [-0.2, -0.15) is 0 Å². The lowest BCUT2D eigenvalue weighted by Gasteiger charge is -2.21. The zero-order valence-electron chi connectivity index (χ0n) is 11.5. The van der Waals surface area contributed by atoms with Gasteiger partial charge in [0.05, 0.1) is 6.04 Å². The molecule has 1 atom stereocenters. The lowest BCUT2D eigenvalue weighted by Crippen LogP contribution is -2.24. The van der Waals surface area contributed by atoms with Crippen LogP contribution >= 0.6 is 27.5 Å². The van der Waals surface area contributed by atoms with E-state index in [0.29, 0.717) is 22.7 Å². The summed E-state index contributed by atoms with van der Waals surface area (Å²) in [6, 6.07) is 8.32. The number of rotatable bonds is 5. The molecule has 2 aromatic rings. The fourth-order valence-electron chi connectivity index (χ4n) is 2.15. The number of halogens is 4. The molecule has 2 aromatic carbocycles. The predicted molar refractivity (Wildman–Crippen MR) is 85.6 cm³/mol. The molecule has 0 bridgehead atoms. The molecular weight excluding hydrogens is 360 g/mol. The van der Waals surface area contributed by atoms with Crippen molar-refractivity contribution in [2.75, 3.05) is 6.54 Å². The Morgan fingerprint density at radius 3 is 2.62 bits per heavy atom. The molecule has 0 heterocycles. The highest BCUT2D eigenvalue weighted by Crippen LogP contribution is 2.32.